The van der Waals surface area contributed by atoms with Crippen molar-refractivity contribution in [1.82, 2.24) is 20.1 Å². The van der Waals surface area contributed by atoms with Crippen LogP contribution in [0.25, 0.3) is 0 Å². The van der Waals surface area contributed by atoms with Crippen molar-refractivity contribution in [3.8, 4) is 0 Å². The van der Waals surface area contributed by atoms with Gasteiger partial charge in [-0.25, -0.2) is 0 Å². The molecule has 1 atom stereocenters. The van der Waals surface area contributed by atoms with Gasteiger partial charge in [-0.2, -0.15) is 5.10 Å². The lowest BCUT2D eigenvalue weighted by atomic mass is 10.0. The first-order chi connectivity index (χ1) is 8.63. The number of hydrogen-bond acceptors (Lipinski definition) is 3. The fourth-order valence-corrected chi connectivity index (χ4v) is 2.34. The molecule has 2 heterocycles. The molecule has 5 heteroatoms. The zero-order chi connectivity index (χ0) is 13.1. The Morgan fingerprint density at radius 2 is 2.06 bits per heavy atom. The minimum Gasteiger partial charge on any atom is -0.313 e. The van der Waals surface area contributed by atoms with Crippen molar-refractivity contribution in [1.29, 1.82) is 0 Å². The summed E-state index contributed by atoms with van der Waals surface area (Å²) in [6.45, 7) is 1.99. The van der Waals surface area contributed by atoms with Gasteiger partial charge in [0, 0.05) is 31.0 Å². The molecule has 0 aliphatic heterocycles. The largest absolute Gasteiger partial charge is 0.313 e. The number of rotatable bonds is 4. The molecule has 0 aromatic carbocycles. The van der Waals surface area contributed by atoms with Crippen molar-refractivity contribution in [3.05, 3.63) is 46.5 Å². The van der Waals surface area contributed by atoms with Crippen LogP contribution in [0, 0.1) is 6.92 Å². The highest BCUT2D eigenvalue weighted by atomic mass is 35.5. The maximum atomic E-state index is 6.26. The van der Waals surface area contributed by atoms with Crippen LogP contribution >= 0.6 is 11.6 Å². The first kappa shape index (κ1) is 13.1. The lowest BCUT2D eigenvalue weighted by Crippen LogP contribution is -2.19. The molecule has 2 rings (SSSR count). The van der Waals surface area contributed by atoms with Gasteiger partial charge in [0.05, 0.1) is 5.69 Å². The summed E-state index contributed by atoms with van der Waals surface area (Å²) in [7, 11) is 3.81. The predicted octanol–water partition coefficient (Wildman–Crippen LogP) is 2.28. The Morgan fingerprint density at radius 1 is 1.39 bits per heavy atom. The van der Waals surface area contributed by atoms with Crippen molar-refractivity contribution in [3.63, 3.8) is 0 Å². The van der Waals surface area contributed by atoms with Crippen LogP contribution in [-0.2, 0) is 13.5 Å². The molecular weight excluding hydrogens is 248 g/mol. The Labute approximate surface area is 112 Å². The van der Waals surface area contributed by atoms with Crippen LogP contribution in [0.1, 0.15) is 22.9 Å². The maximum Gasteiger partial charge on any atom is 0.130 e. The molecule has 1 N–H and O–H groups in total. The molecule has 0 aliphatic carbocycles. The number of nitrogens with zero attached hydrogens (tertiary/aromatic N) is 3. The highest BCUT2D eigenvalue weighted by Crippen LogP contribution is 2.25. The van der Waals surface area contributed by atoms with Gasteiger partial charge in [0.1, 0.15) is 5.15 Å². The molecule has 0 saturated carbocycles. The SMILES string of the molecule is CNC(Cc1c(C)nn(C)c1Cl)c1ccncc1. The summed E-state index contributed by atoms with van der Waals surface area (Å²) in [5.41, 5.74) is 3.28. The molecule has 4 nitrogen and oxygen atoms in total. The number of halogens is 1. The molecule has 0 fully saturated rings. The van der Waals surface area contributed by atoms with E-state index in [4.69, 9.17) is 11.6 Å². The first-order valence-electron chi connectivity index (χ1n) is 5.88. The number of aryl methyl sites for hydroxylation is 2. The first-order valence-corrected chi connectivity index (χ1v) is 6.26. The monoisotopic (exact) mass is 264 g/mol. The van der Waals surface area contributed by atoms with E-state index < -0.39 is 0 Å². The van der Waals surface area contributed by atoms with E-state index in [1.807, 2.05) is 33.2 Å². The smallest absolute Gasteiger partial charge is 0.130 e. The molecule has 0 aliphatic rings. The molecule has 1 unspecified atom stereocenters. The highest BCUT2D eigenvalue weighted by molar-refractivity contribution is 6.30. The normalized spacial score (nSPS) is 12.7. The van der Waals surface area contributed by atoms with Crippen molar-refractivity contribution >= 4 is 11.6 Å². The highest BCUT2D eigenvalue weighted by Gasteiger charge is 2.17. The average Bonchev–Trinajstić information content (AvgIpc) is 2.62. The number of nitrogens with one attached hydrogen (secondary N) is 1. The van der Waals surface area contributed by atoms with E-state index in [-0.39, 0.29) is 6.04 Å². The number of aromatic nitrogens is 3. The summed E-state index contributed by atoms with van der Waals surface area (Å²) in [5.74, 6) is 0. The fourth-order valence-electron chi connectivity index (χ4n) is 2.09. The van der Waals surface area contributed by atoms with Gasteiger partial charge in [0.2, 0.25) is 0 Å². The molecule has 2 aromatic heterocycles. The van der Waals surface area contributed by atoms with E-state index in [1.165, 1.54) is 5.56 Å². The van der Waals surface area contributed by atoms with Gasteiger partial charge in [0.15, 0.2) is 0 Å². The molecule has 96 valence electrons. The lowest BCUT2D eigenvalue weighted by Gasteiger charge is -2.16. The maximum absolute atomic E-state index is 6.26. The Morgan fingerprint density at radius 3 is 2.56 bits per heavy atom. The van der Waals surface area contributed by atoms with Gasteiger partial charge in [-0.1, -0.05) is 11.6 Å². The van der Waals surface area contributed by atoms with Gasteiger partial charge in [-0.05, 0) is 38.1 Å². The van der Waals surface area contributed by atoms with Crippen LogP contribution in [-0.4, -0.2) is 21.8 Å². The van der Waals surface area contributed by atoms with Gasteiger partial charge < -0.3 is 5.32 Å². The summed E-state index contributed by atoms with van der Waals surface area (Å²) in [5, 5.41) is 8.35. The lowest BCUT2D eigenvalue weighted by molar-refractivity contribution is 0.590. The second-order valence-electron chi connectivity index (χ2n) is 4.30. The second-order valence-corrected chi connectivity index (χ2v) is 4.66. The molecule has 0 saturated heterocycles. The van der Waals surface area contributed by atoms with Crippen molar-refractivity contribution in [2.24, 2.45) is 7.05 Å². The number of likely N-dealkylation sites (N-methyl/N-ethyl adjacent to an activating group) is 1. The third kappa shape index (κ3) is 2.54. The number of hydrogen-bond donors (Lipinski definition) is 1. The zero-order valence-corrected chi connectivity index (χ0v) is 11.6. The van der Waals surface area contributed by atoms with Crippen molar-refractivity contribution in [2.75, 3.05) is 7.05 Å². The molecule has 0 bridgehead atoms. The quantitative estimate of drug-likeness (QED) is 0.921. The van der Waals surface area contributed by atoms with Gasteiger partial charge in [0.25, 0.3) is 0 Å². The van der Waals surface area contributed by atoms with E-state index in [0.717, 1.165) is 17.7 Å². The van der Waals surface area contributed by atoms with E-state index >= 15 is 0 Å². The number of pyridine rings is 1. The Balaban J connectivity index is 2.26. The van der Waals surface area contributed by atoms with Crippen LogP contribution in [0.2, 0.25) is 5.15 Å². The van der Waals surface area contributed by atoms with Crippen molar-refractivity contribution < 1.29 is 0 Å². The van der Waals surface area contributed by atoms with Crippen molar-refractivity contribution in [2.45, 2.75) is 19.4 Å². The standard InChI is InChI=1S/C13H17ClN4/c1-9-11(13(14)18(3)17-9)8-12(15-2)10-4-6-16-7-5-10/h4-7,12,15H,8H2,1-3H3. The van der Waals surface area contributed by atoms with Gasteiger partial charge in [-0.3, -0.25) is 9.67 Å². The average molecular weight is 265 g/mol. The van der Waals surface area contributed by atoms with E-state index in [0.29, 0.717) is 5.15 Å². The van der Waals surface area contributed by atoms with Crippen LogP contribution in [0.15, 0.2) is 24.5 Å². The molecule has 0 radical (unpaired) electrons. The minimum atomic E-state index is 0.216. The minimum absolute atomic E-state index is 0.216. The second kappa shape index (κ2) is 5.50. The Bertz CT molecular complexity index is 521. The summed E-state index contributed by atoms with van der Waals surface area (Å²) in [6.07, 6.45) is 4.42. The van der Waals surface area contributed by atoms with Gasteiger partial charge in [-0.15, -0.1) is 0 Å². The van der Waals surface area contributed by atoms with Crippen LogP contribution in [0.5, 0.6) is 0 Å². The fraction of sp³-hybridized carbons (Fsp3) is 0.385. The Kier molecular flexibility index (Phi) is 3.99. The summed E-state index contributed by atoms with van der Waals surface area (Å²) >= 11 is 6.26. The van der Waals surface area contributed by atoms with Crippen LogP contribution < -0.4 is 5.32 Å². The molecule has 0 amide bonds. The predicted molar refractivity (Wildman–Crippen MR) is 72.7 cm³/mol. The third-order valence-corrected chi connectivity index (χ3v) is 3.61. The summed E-state index contributed by atoms with van der Waals surface area (Å²) in [6, 6.07) is 4.25. The molecule has 18 heavy (non-hydrogen) atoms. The Hall–Kier alpha value is -1.39. The van der Waals surface area contributed by atoms with E-state index in [1.54, 1.807) is 17.1 Å². The van der Waals surface area contributed by atoms with Crippen LogP contribution in [0.4, 0.5) is 0 Å². The van der Waals surface area contributed by atoms with E-state index in [2.05, 4.69) is 15.4 Å². The molecule has 2 aromatic rings. The van der Waals surface area contributed by atoms with Crippen LogP contribution in [0.3, 0.4) is 0 Å². The summed E-state index contributed by atoms with van der Waals surface area (Å²) < 4.78 is 1.71. The summed E-state index contributed by atoms with van der Waals surface area (Å²) in [4.78, 5) is 4.04. The van der Waals surface area contributed by atoms with Gasteiger partial charge >= 0.3 is 0 Å². The topological polar surface area (TPSA) is 42.7 Å². The third-order valence-electron chi connectivity index (χ3n) is 3.14. The molecule has 0 spiro atoms. The van der Waals surface area contributed by atoms with E-state index in [9.17, 15) is 0 Å². The molecular formula is C13H17ClN4. The zero-order valence-electron chi connectivity index (χ0n) is 10.8.